The fourth-order valence-electron chi connectivity index (χ4n) is 3.95. The first-order valence-corrected chi connectivity index (χ1v) is 14.1. The second kappa shape index (κ2) is 9.97. The van der Waals surface area contributed by atoms with Crippen molar-refractivity contribution < 1.29 is 38.8 Å². The molecule has 0 spiro atoms. The molecular weight excluding hydrogens is 570 g/mol. The average molecular weight is 593 g/mol. The number of imidazole rings is 1. The second-order valence-electron chi connectivity index (χ2n) is 9.10. The summed E-state index contributed by atoms with van der Waals surface area (Å²) in [5, 5.41) is 28.4. The van der Waals surface area contributed by atoms with Gasteiger partial charge >= 0.3 is 11.9 Å². The number of β-lactam (4-membered cyclic amide) rings is 1. The number of thiazole rings is 2. The zero-order chi connectivity index (χ0) is 28.1. The number of hydrogen-bond donors (Lipinski definition) is 4. The molecule has 39 heavy (non-hydrogen) atoms. The van der Waals surface area contributed by atoms with E-state index in [0.717, 1.165) is 16.2 Å². The average Bonchev–Trinajstić information content (AvgIpc) is 3.59. The highest BCUT2D eigenvalue weighted by molar-refractivity contribution is 8.00. The Balaban J connectivity index is 1.36. The molecule has 14 nitrogen and oxygen atoms in total. The van der Waals surface area contributed by atoms with Crippen LogP contribution < -0.4 is 15.6 Å². The maximum absolute atomic E-state index is 13.2. The van der Waals surface area contributed by atoms with Crippen LogP contribution in [0.3, 0.4) is 0 Å². The van der Waals surface area contributed by atoms with Crippen molar-refractivity contribution in [3.05, 3.63) is 46.4 Å². The highest BCUT2D eigenvalue weighted by Gasteiger charge is 2.54. The Labute approximate surface area is 232 Å². The van der Waals surface area contributed by atoms with E-state index in [0.29, 0.717) is 11.3 Å². The van der Waals surface area contributed by atoms with E-state index >= 15 is 0 Å². The van der Waals surface area contributed by atoms with Crippen LogP contribution in [-0.2, 0) is 30.6 Å². The number of carboxylic acids is 2. The predicted octanol–water partition coefficient (Wildman–Crippen LogP) is 0.350. The topological polar surface area (TPSA) is 193 Å². The van der Waals surface area contributed by atoms with Gasteiger partial charge in [-0.1, -0.05) is 16.5 Å². The first-order valence-electron chi connectivity index (χ1n) is 11.3. The third-order valence-electron chi connectivity index (χ3n) is 5.98. The van der Waals surface area contributed by atoms with Gasteiger partial charge in [-0.05, 0) is 13.8 Å². The first-order chi connectivity index (χ1) is 18.5. The summed E-state index contributed by atoms with van der Waals surface area (Å²) in [6.45, 7) is 2.79. The molecule has 17 heteroatoms. The third kappa shape index (κ3) is 4.95. The molecular formula is C22H22N7O7S3+. The Morgan fingerprint density at radius 1 is 1.33 bits per heavy atom. The van der Waals surface area contributed by atoms with Gasteiger partial charge in [0.05, 0.1) is 0 Å². The van der Waals surface area contributed by atoms with Gasteiger partial charge in [0.1, 0.15) is 41.7 Å². The summed E-state index contributed by atoms with van der Waals surface area (Å²) in [5.41, 5.74) is 4.05. The molecule has 3 aromatic heterocycles. The van der Waals surface area contributed by atoms with Crippen molar-refractivity contribution in [1.82, 2.24) is 19.6 Å². The summed E-state index contributed by atoms with van der Waals surface area (Å²) in [5.74, 6) is -3.66. The van der Waals surface area contributed by atoms with E-state index in [1.165, 1.54) is 35.9 Å². The smallest absolute Gasteiger partial charge is 0.352 e. The van der Waals surface area contributed by atoms with Crippen LogP contribution >= 0.6 is 34.4 Å². The van der Waals surface area contributed by atoms with Crippen LogP contribution in [-0.4, -0.2) is 76.7 Å². The van der Waals surface area contributed by atoms with Crippen LogP contribution in [0.15, 0.2) is 45.9 Å². The molecule has 5 N–H and O–H groups in total. The summed E-state index contributed by atoms with van der Waals surface area (Å²) in [4.78, 5) is 61.2. The number of hydrogen-bond acceptors (Lipinski definition) is 11. The van der Waals surface area contributed by atoms with E-state index < -0.39 is 40.8 Å². The van der Waals surface area contributed by atoms with Crippen molar-refractivity contribution in [2.75, 3.05) is 11.5 Å². The molecule has 2 aliphatic heterocycles. The number of aromatic nitrogens is 3. The number of carbonyl (C=O) groups excluding carboxylic acids is 2. The molecule has 0 aliphatic carbocycles. The number of amides is 2. The van der Waals surface area contributed by atoms with Gasteiger partial charge in [0.25, 0.3) is 11.8 Å². The molecule has 204 valence electrons. The minimum atomic E-state index is -1.75. The monoisotopic (exact) mass is 592 g/mol. The molecule has 0 bridgehead atoms. The van der Waals surface area contributed by atoms with Gasteiger partial charge in [0.2, 0.25) is 16.8 Å². The maximum Gasteiger partial charge on any atom is 0.352 e. The minimum absolute atomic E-state index is 0.0361. The highest BCUT2D eigenvalue weighted by Crippen LogP contribution is 2.40. The Morgan fingerprint density at radius 3 is 2.74 bits per heavy atom. The summed E-state index contributed by atoms with van der Waals surface area (Å²) < 4.78 is 3.77. The number of carbonyl (C=O) groups is 4. The second-order valence-corrected chi connectivity index (χ2v) is 12.0. The van der Waals surface area contributed by atoms with Crippen molar-refractivity contribution in [3.8, 4) is 0 Å². The SMILES string of the molecule is CC(C)(O/N=C(\C(=O)N[C@@H]1C(=O)N2C(C(=O)O)=C(C[n+]3cc4sccn4c3)CS[C@H]12)c1csc(N)n1)C(=O)O. The van der Waals surface area contributed by atoms with Crippen LogP contribution in [0.25, 0.3) is 4.83 Å². The Hall–Kier alpha value is -3.96. The van der Waals surface area contributed by atoms with E-state index in [2.05, 4.69) is 15.5 Å². The number of nitrogens with zero attached hydrogens (tertiary/aromatic N) is 5. The zero-order valence-corrected chi connectivity index (χ0v) is 22.9. The quantitative estimate of drug-likeness (QED) is 0.117. The van der Waals surface area contributed by atoms with Gasteiger partial charge < -0.3 is 26.1 Å². The number of fused-ring (bicyclic) bond motifs is 2. The third-order valence-corrected chi connectivity index (χ3v) is 8.81. The van der Waals surface area contributed by atoms with E-state index in [9.17, 15) is 29.4 Å². The fourth-order valence-corrected chi connectivity index (χ4v) is 6.59. The number of anilines is 1. The van der Waals surface area contributed by atoms with Gasteiger partial charge in [-0.15, -0.1) is 23.1 Å². The normalized spacial score (nSPS) is 19.6. The lowest BCUT2D eigenvalue weighted by atomic mass is 10.0. The maximum atomic E-state index is 13.2. The Morgan fingerprint density at radius 2 is 2.10 bits per heavy atom. The molecule has 2 aliphatic rings. The molecule has 0 aromatic carbocycles. The Kier molecular flexibility index (Phi) is 6.81. The fraction of sp³-hybridized carbons (Fsp3) is 0.318. The number of aliphatic carboxylic acids is 2. The van der Waals surface area contributed by atoms with Crippen LogP contribution in [0.2, 0.25) is 0 Å². The number of nitrogens with two attached hydrogens (primary N) is 1. The number of oxime groups is 1. The predicted molar refractivity (Wildman–Crippen MR) is 141 cm³/mol. The van der Waals surface area contributed by atoms with Crippen LogP contribution in [0, 0.1) is 0 Å². The van der Waals surface area contributed by atoms with Gasteiger partial charge in [-0.3, -0.25) is 14.5 Å². The number of carboxylic acid groups (broad SMARTS) is 2. The van der Waals surface area contributed by atoms with Crippen molar-refractivity contribution in [2.24, 2.45) is 5.16 Å². The van der Waals surface area contributed by atoms with Crippen molar-refractivity contribution in [3.63, 3.8) is 0 Å². The number of nitrogen functional groups attached to an aromatic ring is 1. The molecule has 0 saturated carbocycles. The summed E-state index contributed by atoms with van der Waals surface area (Å²) in [7, 11) is 0. The molecule has 0 radical (unpaired) electrons. The number of thioether (sulfide) groups is 1. The van der Waals surface area contributed by atoms with E-state index in [1.54, 1.807) is 11.3 Å². The van der Waals surface area contributed by atoms with E-state index in [-0.39, 0.29) is 28.8 Å². The van der Waals surface area contributed by atoms with E-state index in [1.807, 2.05) is 33.1 Å². The van der Waals surface area contributed by atoms with Crippen LogP contribution in [0.5, 0.6) is 0 Å². The van der Waals surface area contributed by atoms with Gasteiger partial charge in [-0.2, -0.15) is 4.40 Å². The molecule has 2 amide bonds. The molecule has 3 aromatic rings. The largest absolute Gasteiger partial charge is 0.478 e. The minimum Gasteiger partial charge on any atom is -0.478 e. The summed E-state index contributed by atoms with van der Waals surface area (Å²) in [6.07, 6.45) is 5.64. The Bertz CT molecular complexity index is 1540. The summed E-state index contributed by atoms with van der Waals surface area (Å²) in [6, 6.07) is -1.04. The summed E-state index contributed by atoms with van der Waals surface area (Å²) >= 11 is 3.91. The molecule has 0 unspecified atom stereocenters. The lowest BCUT2D eigenvalue weighted by Crippen LogP contribution is -2.71. The first kappa shape index (κ1) is 26.6. The molecule has 5 heterocycles. The van der Waals surface area contributed by atoms with Gasteiger partial charge in [0, 0.05) is 22.1 Å². The molecule has 5 rings (SSSR count). The molecule has 2 atom stereocenters. The number of nitrogens with one attached hydrogen (secondary N) is 1. The lowest BCUT2D eigenvalue weighted by Gasteiger charge is -2.49. The zero-order valence-electron chi connectivity index (χ0n) is 20.4. The molecule has 1 saturated heterocycles. The standard InChI is InChI=1S/C22H21N7O7S3/c1-22(2,20(34)35)36-26-13(11-8-39-21(23)24-11)16(30)25-14-17(31)29-15(19(32)33)10(7-38-18(14)29)5-27-6-12-28(9-27)3-4-37-12/h3-4,6,8-9,14,18H,5,7H2,1-2H3,(H4-,23,24,25,30,32,33,34,35)/p+1/b26-13-/t14-,18-/m1/s1. The van der Waals surface area contributed by atoms with Crippen LogP contribution in [0.1, 0.15) is 19.5 Å². The number of rotatable bonds is 9. The van der Waals surface area contributed by atoms with Crippen molar-refractivity contribution in [1.29, 1.82) is 0 Å². The van der Waals surface area contributed by atoms with Gasteiger partial charge in [-0.25, -0.2) is 19.1 Å². The lowest BCUT2D eigenvalue weighted by molar-refractivity contribution is -0.687. The van der Waals surface area contributed by atoms with Gasteiger partial charge in [0.15, 0.2) is 10.8 Å². The van der Waals surface area contributed by atoms with E-state index in [4.69, 9.17) is 10.6 Å². The molecule has 1 fully saturated rings. The van der Waals surface area contributed by atoms with Crippen molar-refractivity contribution in [2.45, 2.75) is 37.4 Å². The van der Waals surface area contributed by atoms with Crippen molar-refractivity contribution >= 4 is 73.9 Å². The highest BCUT2D eigenvalue weighted by atomic mass is 32.2. The van der Waals surface area contributed by atoms with Crippen LogP contribution in [0.4, 0.5) is 5.13 Å².